The molecule has 0 radical (unpaired) electrons. The molecule has 3 unspecified atom stereocenters. The lowest BCUT2D eigenvalue weighted by Crippen LogP contribution is -2.59. The summed E-state index contributed by atoms with van der Waals surface area (Å²) in [7, 11) is 0. The van der Waals surface area contributed by atoms with E-state index in [9.17, 15) is 0 Å². The zero-order valence-corrected chi connectivity index (χ0v) is 66.7. The lowest BCUT2D eigenvalue weighted by Gasteiger charge is -2.53. The zero-order valence-electron chi connectivity index (χ0n) is 66.7. The minimum absolute atomic E-state index is 0. The second kappa shape index (κ2) is 46.9. The van der Waals surface area contributed by atoms with Gasteiger partial charge in [-0.25, -0.2) is 0 Å². The smallest absolute Gasteiger partial charge is 0.0181 e. The number of hydrogen-bond donors (Lipinski definition) is 0. The molecule has 0 amide bonds. The highest BCUT2D eigenvalue weighted by molar-refractivity contribution is 4.97. The van der Waals surface area contributed by atoms with Gasteiger partial charge in [-0.1, -0.05) is 249 Å². The molecule has 0 spiro atoms. The van der Waals surface area contributed by atoms with Crippen molar-refractivity contribution in [1.29, 1.82) is 0 Å². The molecule has 0 aromatic rings. The first-order valence-corrected chi connectivity index (χ1v) is 41.2. The molecule has 0 aliphatic carbocycles. The normalized spacial score (nSPS) is 19.9. The van der Waals surface area contributed by atoms with Crippen molar-refractivity contribution in [3.8, 4) is 0 Å². The summed E-state index contributed by atoms with van der Waals surface area (Å²) in [6.45, 7) is 68.8. The van der Waals surface area contributed by atoms with E-state index in [1.807, 2.05) is 0 Å². The standard InChI is InChI=1S/2C22H45N.C21H43N.C20H41N.CH4/c1-7-13-21(5,14-8-2)19-20-11-17-23(18-12-20)22(6,15-9-3)16-10-4;1-7-11-16-22(6,10-4)23-17-12-13-20(19-23)18-21(5,14-8-2)15-9-3;1-7-12-20(5,13-8-2)17-19-11-16-22(18-19)21(6,14-9-3)15-10-4;1-7-11-19(5,12-8-2)15-18-16-21(17-18)20(6,13-9-3)14-10-4;/h2*20H,7-19H2,1-6H3;19H,7-18H2,1-6H3;18H,7-17H2,1-6H3;1H4. The van der Waals surface area contributed by atoms with E-state index in [0.717, 1.165) is 23.7 Å². The molecule has 4 nitrogen and oxygen atoms in total. The molecule has 0 saturated carbocycles. The Labute approximate surface area is 573 Å². The minimum atomic E-state index is 0. The first kappa shape index (κ1) is 89.8. The third-order valence-electron chi connectivity index (χ3n) is 24.9. The van der Waals surface area contributed by atoms with Gasteiger partial charge in [-0.2, -0.15) is 0 Å². The number of piperidine rings is 2. The molecular weight excluding hydrogens is 1090 g/mol. The van der Waals surface area contributed by atoms with Gasteiger partial charge >= 0.3 is 0 Å². The Bertz CT molecular complexity index is 1630. The Morgan fingerprint density at radius 3 is 0.822 bits per heavy atom. The van der Waals surface area contributed by atoms with Crippen LogP contribution in [0.2, 0.25) is 0 Å². The summed E-state index contributed by atoms with van der Waals surface area (Å²) in [6.07, 6.45) is 56.7. The van der Waals surface area contributed by atoms with Crippen molar-refractivity contribution >= 4 is 0 Å². The van der Waals surface area contributed by atoms with E-state index in [-0.39, 0.29) is 7.43 Å². The van der Waals surface area contributed by atoms with Crippen LogP contribution in [0.25, 0.3) is 0 Å². The van der Waals surface area contributed by atoms with Gasteiger partial charge < -0.3 is 0 Å². The number of hydrogen-bond acceptors (Lipinski definition) is 4. The summed E-state index contributed by atoms with van der Waals surface area (Å²) < 4.78 is 0. The van der Waals surface area contributed by atoms with E-state index in [2.05, 4.69) is 186 Å². The summed E-state index contributed by atoms with van der Waals surface area (Å²) >= 11 is 0. The van der Waals surface area contributed by atoms with Crippen molar-refractivity contribution < 1.29 is 0 Å². The Kier molecular flexibility index (Phi) is 46.9. The molecule has 0 bridgehead atoms. The fourth-order valence-electron chi connectivity index (χ4n) is 20.6. The Balaban J connectivity index is 0.00000117. The first-order chi connectivity index (χ1) is 42.2. The molecule has 0 aromatic heterocycles. The molecule has 4 fully saturated rings. The molecule has 4 aliphatic rings. The minimum Gasteiger partial charge on any atom is -0.298 e. The van der Waals surface area contributed by atoms with Crippen LogP contribution in [0.5, 0.6) is 0 Å². The van der Waals surface area contributed by atoms with Gasteiger partial charge in [-0.15, -0.1) is 0 Å². The van der Waals surface area contributed by atoms with Gasteiger partial charge in [0.25, 0.3) is 0 Å². The fourth-order valence-corrected chi connectivity index (χ4v) is 20.6. The molecular formula is C86H178N4. The van der Waals surface area contributed by atoms with Crippen LogP contribution in [0.15, 0.2) is 0 Å². The topological polar surface area (TPSA) is 13.0 Å². The highest BCUT2D eigenvalue weighted by Gasteiger charge is 2.43. The van der Waals surface area contributed by atoms with E-state index >= 15 is 0 Å². The lowest BCUT2D eigenvalue weighted by atomic mass is 9.71. The average molecular weight is 1270 g/mol. The molecule has 4 rings (SSSR count). The molecule has 4 saturated heterocycles. The van der Waals surface area contributed by atoms with Crippen LogP contribution in [0.1, 0.15) is 437 Å². The molecule has 3 atom stereocenters. The van der Waals surface area contributed by atoms with Crippen LogP contribution in [-0.4, -0.2) is 94.1 Å². The van der Waals surface area contributed by atoms with Crippen LogP contribution in [-0.2, 0) is 0 Å². The molecule has 4 aliphatic heterocycles. The number of rotatable bonds is 44. The summed E-state index contributed by atoms with van der Waals surface area (Å²) in [5.41, 5.74) is 4.24. The molecule has 4 heterocycles. The predicted molar refractivity (Wildman–Crippen MR) is 413 cm³/mol. The van der Waals surface area contributed by atoms with Crippen molar-refractivity contribution in [2.24, 2.45) is 45.3 Å². The highest BCUT2D eigenvalue weighted by Crippen LogP contribution is 2.46. The second-order valence-corrected chi connectivity index (χ2v) is 34.8. The van der Waals surface area contributed by atoms with Gasteiger partial charge in [0.1, 0.15) is 0 Å². The maximum absolute atomic E-state index is 2.87. The number of nitrogens with zero attached hydrogens (tertiary/aromatic N) is 4. The Morgan fingerprint density at radius 1 is 0.244 bits per heavy atom. The lowest BCUT2D eigenvalue weighted by molar-refractivity contribution is -0.0354. The van der Waals surface area contributed by atoms with Crippen LogP contribution in [0.3, 0.4) is 0 Å². The third-order valence-corrected chi connectivity index (χ3v) is 24.9. The van der Waals surface area contributed by atoms with Gasteiger partial charge in [0.2, 0.25) is 0 Å². The average Bonchev–Trinajstić information content (AvgIpc) is 1.97. The quantitative estimate of drug-likeness (QED) is 0.0603. The second-order valence-electron chi connectivity index (χ2n) is 34.8. The third kappa shape index (κ3) is 31.6. The highest BCUT2D eigenvalue weighted by atomic mass is 15.3. The SMILES string of the molecule is C.CCCC(C)(CCC)CC1CCN(C(C)(CCC)CCC)C1.CCCC(C)(CCC)CC1CCN(C(C)(CCC)CCC)CC1.CCCC(C)(CCC)CC1CN(C(C)(CCC)CCC)C1.CCCCC(C)(CC)N1CCCC(CC(C)(CCC)CCC)C1. The van der Waals surface area contributed by atoms with Crippen molar-refractivity contribution in [1.82, 2.24) is 19.6 Å². The fraction of sp³-hybridized carbons (Fsp3) is 1.00. The van der Waals surface area contributed by atoms with Crippen LogP contribution in [0.4, 0.5) is 0 Å². The predicted octanol–water partition coefficient (Wildman–Crippen LogP) is 27.7. The van der Waals surface area contributed by atoms with Gasteiger partial charge in [0.15, 0.2) is 0 Å². The van der Waals surface area contributed by atoms with E-state index in [4.69, 9.17) is 0 Å². The van der Waals surface area contributed by atoms with Gasteiger partial charge in [-0.3, -0.25) is 19.6 Å². The van der Waals surface area contributed by atoms with Gasteiger partial charge in [-0.05, 0) is 260 Å². The van der Waals surface area contributed by atoms with E-state index in [1.165, 1.54) is 316 Å². The summed E-state index contributed by atoms with van der Waals surface area (Å²) in [5, 5.41) is 0. The zero-order chi connectivity index (χ0) is 67.3. The van der Waals surface area contributed by atoms with Crippen molar-refractivity contribution in [2.75, 3.05) is 52.4 Å². The van der Waals surface area contributed by atoms with E-state index < -0.39 is 0 Å². The maximum Gasteiger partial charge on any atom is 0.0181 e. The van der Waals surface area contributed by atoms with Crippen LogP contribution < -0.4 is 0 Å². The summed E-state index contributed by atoms with van der Waals surface area (Å²) in [5.74, 6) is 3.80. The molecule has 90 heavy (non-hydrogen) atoms. The van der Waals surface area contributed by atoms with Gasteiger partial charge in [0, 0.05) is 48.3 Å². The number of unbranched alkanes of at least 4 members (excludes halogenated alkanes) is 1. The first-order valence-electron chi connectivity index (χ1n) is 41.2. The van der Waals surface area contributed by atoms with Crippen molar-refractivity contribution in [3.05, 3.63) is 0 Å². The monoisotopic (exact) mass is 1270 g/mol. The Morgan fingerprint density at radius 2 is 0.500 bits per heavy atom. The molecule has 542 valence electrons. The molecule has 0 aromatic carbocycles. The summed E-state index contributed by atoms with van der Waals surface area (Å²) in [6, 6.07) is 0. The molecule has 4 heteroatoms. The van der Waals surface area contributed by atoms with Crippen molar-refractivity contribution in [2.45, 2.75) is 459 Å². The number of likely N-dealkylation sites (tertiary alicyclic amines) is 4. The van der Waals surface area contributed by atoms with E-state index in [0.29, 0.717) is 43.8 Å². The van der Waals surface area contributed by atoms with Crippen LogP contribution >= 0.6 is 0 Å². The van der Waals surface area contributed by atoms with E-state index in [1.54, 1.807) is 0 Å². The summed E-state index contributed by atoms with van der Waals surface area (Å²) in [4.78, 5) is 11.4. The van der Waals surface area contributed by atoms with Gasteiger partial charge in [0.05, 0.1) is 0 Å². The largest absolute Gasteiger partial charge is 0.298 e. The molecule has 0 N–H and O–H groups in total. The Hall–Kier alpha value is -0.160. The maximum atomic E-state index is 2.87. The van der Waals surface area contributed by atoms with Crippen molar-refractivity contribution in [3.63, 3.8) is 0 Å². The van der Waals surface area contributed by atoms with Crippen LogP contribution in [0, 0.1) is 45.3 Å².